The molecule has 0 saturated carbocycles. The zero-order valence-corrected chi connectivity index (χ0v) is 15.6. The first kappa shape index (κ1) is 15.6. The summed E-state index contributed by atoms with van der Waals surface area (Å²) in [6.45, 7) is 2.06. The Hall–Kier alpha value is -0.405. The van der Waals surface area contributed by atoms with Crippen molar-refractivity contribution in [3.05, 3.63) is 54.1 Å². The van der Waals surface area contributed by atoms with E-state index < -0.39 is 0 Å². The number of para-hydroxylation sites is 1. The second-order valence-corrected chi connectivity index (χ2v) is 3.36. The minimum atomic E-state index is 0. The van der Waals surface area contributed by atoms with Crippen molar-refractivity contribution in [2.75, 3.05) is 0 Å². The third kappa shape index (κ3) is 4.22. The molecule has 1 aliphatic carbocycles. The van der Waals surface area contributed by atoms with Crippen LogP contribution in [0.4, 0.5) is 5.69 Å². The number of aliphatic imine (C=N–C) groups is 1. The maximum absolute atomic E-state index is 4.55. The molecule has 0 saturated heterocycles. The molecule has 3 heteroatoms. The molecule has 0 N–H and O–H groups in total. The second-order valence-electron chi connectivity index (χ2n) is 3.36. The maximum Gasteiger partial charge on any atom is 1.00 e. The second kappa shape index (κ2) is 7.80. The van der Waals surface area contributed by atoms with Gasteiger partial charge in [-0.15, -0.1) is 0 Å². The third-order valence-corrected chi connectivity index (χ3v) is 2.29. The van der Waals surface area contributed by atoms with Gasteiger partial charge in [0.1, 0.15) is 0 Å². The van der Waals surface area contributed by atoms with Crippen molar-refractivity contribution < 1.29 is 40.1 Å². The third-order valence-electron chi connectivity index (χ3n) is 2.29. The van der Waals surface area contributed by atoms with Crippen LogP contribution < -0.4 is 12.4 Å². The van der Waals surface area contributed by atoms with Gasteiger partial charge in [0.2, 0.25) is 0 Å². The Balaban J connectivity index is 0.00000112. The molecular weight excluding hydrogens is 406 g/mol. The van der Waals surface area contributed by atoms with Crippen LogP contribution in [0, 0.1) is 0 Å². The van der Waals surface area contributed by atoms with Gasteiger partial charge < -0.3 is 12.4 Å². The molecule has 1 aliphatic rings. The fraction of sp³-hybridized carbons (Fsp3) is 0.154. The standard InChI is InChI=1S/C13H13N.ClH.Hg/c1-11(12-7-5-6-8-12)14-13-9-3-2-4-10-13;;/h2-7,9-10H,8H2,1H3;1H;/q;;+1/p-1. The van der Waals surface area contributed by atoms with Gasteiger partial charge in [0.25, 0.3) is 0 Å². The molecule has 1 aromatic rings. The van der Waals surface area contributed by atoms with Gasteiger partial charge in [-0.2, -0.15) is 0 Å². The van der Waals surface area contributed by atoms with Crippen LogP contribution >= 0.6 is 0 Å². The molecule has 0 unspecified atom stereocenters. The van der Waals surface area contributed by atoms with Crippen molar-refractivity contribution in [3.63, 3.8) is 0 Å². The number of hydrogen-bond acceptors (Lipinski definition) is 1. The summed E-state index contributed by atoms with van der Waals surface area (Å²) in [6, 6.07) is 10.1. The van der Waals surface area contributed by atoms with Crippen LogP contribution in [0.5, 0.6) is 0 Å². The van der Waals surface area contributed by atoms with Crippen LogP contribution in [-0.4, -0.2) is 5.71 Å². The summed E-state index contributed by atoms with van der Waals surface area (Å²) in [5.74, 6) is 0. The van der Waals surface area contributed by atoms with Gasteiger partial charge in [0, 0.05) is 5.71 Å². The summed E-state index contributed by atoms with van der Waals surface area (Å²) in [7, 11) is 0. The molecular formula is C13H13ClHgN. The molecule has 0 spiro atoms. The number of allylic oxidation sites excluding steroid dienone is 4. The van der Waals surface area contributed by atoms with E-state index in [1.165, 1.54) is 5.57 Å². The van der Waals surface area contributed by atoms with E-state index in [0.29, 0.717) is 0 Å². The molecule has 1 radical (unpaired) electrons. The summed E-state index contributed by atoms with van der Waals surface area (Å²) >= 11 is 0. The minimum absolute atomic E-state index is 0. The zero-order chi connectivity index (χ0) is 9.80. The first-order valence-corrected chi connectivity index (χ1v) is 4.83. The smallest absolute Gasteiger partial charge is 1.00 e. The molecule has 1 aromatic carbocycles. The zero-order valence-electron chi connectivity index (χ0n) is 9.36. The van der Waals surface area contributed by atoms with Crippen LogP contribution in [0.1, 0.15) is 13.3 Å². The molecule has 16 heavy (non-hydrogen) atoms. The SMILES string of the molecule is CC(=Nc1ccccc1)C1=CC=CC1.[Cl-].[Hg+]. The summed E-state index contributed by atoms with van der Waals surface area (Å²) in [6.07, 6.45) is 7.38. The van der Waals surface area contributed by atoms with Crippen molar-refractivity contribution in [1.82, 2.24) is 0 Å². The van der Waals surface area contributed by atoms with E-state index in [4.69, 9.17) is 0 Å². The molecule has 0 fully saturated rings. The predicted molar refractivity (Wildman–Crippen MR) is 61.1 cm³/mol. The van der Waals surface area contributed by atoms with Crippen molar-refractivity contribution in [2.45, 2.75) is 13.3 Å². The number of rotatable bonds is 2. The average molecular weight is 419 g/mol. The van der Waals surface area contributed by atoms with E-state index in [0.717, 1.165) is 17.8 Å². The molecule has 0 aromatic heterocycles. The molecule has 1 nitrogen and oxygen atoms in total. The fourth-order valence-electron chi connectivity index (χ4n) is 1.48. The Labute approximate surface area is 123 Å². The van der Waals surface area contributed by atoms with Crippen molar-refractivity contribution in [2.24, 2.45) is 4.99 Å². The maximum atomic E-state index is 4.55. The van der Waals surface area contributed by atoms with E-state index in [1.54, 1.807) is 0 Å². The molecule has 79 valence electrons. The first-order valence-electron chi connectivity index (χ1n) is 4.83. The Morgan fingerprint density at radius 1 is 1.19 bits per heavy atom. The summed E-state index contributed by atoms with van der Waals surface area (Å²) in [4.78, 5) is 4.55. The van der Waals surface area contributed by atoms with Gasteiger partial charge in [0.15, 0.2) is 0 Å². The normalized spacial score (nSPS) is 13.8. The van der Waals surface area contributed by atoms with E-state index >= 15 is 0 Å². The van der Waals surface area contributed by atoms with Crippen LogP contribution in [0.15, 0.2) is 59.1 Å². The van der Waals surface area contributed by atoms with Crippen molar-refractivity contribution in [1.29, 1.82) is 0 Å². The topological polar surface area (TPSA) is 12.4 Å². The molecule has 0 heterocycles. The van der Waals surface area contributed by atoms with E-state index in [9.17, 15) is 0 Å². The average Bonchev–Trinajstić information content (AvgIpc) is 2.72. The van der Waals surface area contributed by atoms with Gasteiger partial charge in [0.05, 0.1) is 5.69 Å². The summed E-state index contributed by atoms with van der Waals surface area (Å²) < 4.78 is 0. The number of benzene rings is 1. The minimum Gasteiger partial charge on any atom is -1.00 e. The van der Waals surface area contributed by atoms with Crippen LogP contribution in [0.3, 0.4) is 0 Å². The Bertz CT molecular complexity index is 407. The Kier molecular flexibility index (Phi) is 7.60. The van der Waals surface area contributed by atoms with Crippen LogP contribution in [0.25, 0.3) is 0 Å². The first-order chi connectivity index (χ1) is 6.86. The molecule has 0 atom stereocenters. The number of hydrogen-bond donors (Lipinski definition) is 0. The van der Waals surface area contributed by atoms with Crippen molar-refractivity contribution >= 4 is 11.4 Å². The molecule has 2 rings (SSSR count). The van der Waals surface area contributed by atoms with Crippen LogP contribution in [0.2, 0.25) is 0 Å². The molecule has 0 bridgehead atoms. The Morgan fingerprint density at radius 3 is 2.44 bits per heavy atom. The number of halogens is 1. The van der Waals surface area contributed by atoms with E-state index in [2.05, 4.69) is 30.1 Å². The molecule has 0 amide bonds. The Morgan fingerprint density at radius 2 is 1.88 bits per heavy atom. The summed E-state index contributed by atoms with van der Waals surface area (Å²) in [5.41, 5.74) is 3.45. The van der Waals surface area contributed by atoms with Gasteiger partial charge in [-0.1, -0.05) is 36.4 Å². The van der Waals surface area contributed by atoms with Gasteiger partial charge in [-0.25, -0.2) is 0 Å². The molecule has 0 aliphatic heterocycles. The predicted octanol–water partition coefficient (Wildman–Crippen LogP) is 0.667. The van der Waals surface area contributed by atoms with Gasteiger partial charge in [-0.3, -0.25) is 4.99 Å². The summed E-state index contributed by atoms with van der Waals surface area (Å²) in [5, 5.41) is 0. The van der Waals surface area contributed by atoms with Gasteiger partial charge >= 0.3 is 27.7 Å². The largest absolute Gasteiger partial charge is 1.00 e. The van der Waals surface area contributed by atoms with E-state index in [-0.39, 0.29) is 40.1 Å². The van der Waals surface area contributed by atoms with Crippen LogP contribution in [-0.2, 0) is 27.7 Å². The quantitative estimate of drug-likeness (QED) is 0.494. The number of nitrogens with zero attached hydrogens (tertiary/aromatic N) is 1. The van der Waals surface area contributed by atoms with Crippen molar-refractivity contribution in [3.8, 4) is 0 Å². The monoisotopic (exact) mass is 420 g/mol. The van der Waals surface area contributed by atoms with Gasteiger partial charge in [-0.05, 0) is 31.1 Å². The van der Waals surface area contributed by atoms with E-state index in [1.807, 2.05) is 30.3 Å². The fourth-order valence-corrected chi connectivity index (χ4v) is 1.48.